The van der Waals surface area contributed by atoms with Crippen LogP contribution in [-0.2, 0) is 20.9 Å². The average molecular weight is 436 g/mol. The van der Waals surface area contributed by atoms with E-state index in [2.05, 4.69) is 14.9 Å². The van der Waals surface area contributed by atoms with Crippen LogP contribution in [0.2, 0.25) is 5.02 Å². The van der Waals surface area contributed by atoms with Crippen molar-refractivity contribution in [2.24, 2.45) is 5.92 Å². The predicted molar refractivity (Wildman–Crippen MR) is 116 cm³/mol. The number of rotatable bonds is 5. The van der Waals surface area contributed by atoms with Crippen LogP contribution in [0.3, 0.4) is 0 Å². The van der Waals surface area contributed by atoms with E-state index < -0.39 is 17.9 Å². The number of nitrogens with zero attached hydrogens (tertiary/aromatic N) is 3. The van der Waals surface area contributed by atoms with E-state index in [1.807, 2.05) is 54.6 Å². The van der Waals surface area contributed by atoms with Crippen molar-refractivity contribution < 1.29 is 14.3 Å². The largest absolute Gasteiger partial charge is 0.468 e. The number of hydrogen-bond donors (Lipinski definition) is 0. The Hall–Kier alpha value is -3.09. The molecule has 1 aliphatic heterocycles. The molecule has 31 heavy (non-hydrogen) atoms. The van der Waals surface area contributed by atoms with Crippen molar-refractivity contribution in [3.63, 3.8) is 0 Å². The Kier molecular flexibility index (Phi) is 6.39. The molecule has 0 bridgehead atoms. The number of likely N-dealkylation sites (tertiary alicyclic amines) is 1. The fourth-order valence-electron chi connectivity index (χ4n) is 4.13. The van der Waals surface area contributed by atoms with Crippen molar-refractivity contribution in [3.8, 4) is 0 Å². The summed E-state index contributed by atoms with van der Waals surface area (Å²) in [6.45, 7) is 0.487. The number of ether oxygens (including phenoxy) is 1. The molecule has 0 N–H and O–H groups in total. The number of aromatic nitrogens is 2. The number of esters is 1. The molecule has 6 nitrogen and oxygen atoms in total. The van der Waals surface area contributed by atoms with Crippen LogP contribution in [0, 0.1) is 5.92 Å². The van der Waals surface area contributed by atoms with Gasteiger partial charge in [-0.1, -0.05) is 35.9 Å². The maximum atomic E-state index is 13.2. The number of methoxy groups -OCH3 is 1. The van der Waals surface area contributed by atoms with Gasteiger partial charge >= 0.3 is 5.97 Å². The molecule has 0 aliphatic carbocycles. The first-order valence-electron chi connectivity index (χ1n) is 10.0. The van der Waals surface area contributed by atoms with Crippen molar-refractivity contribution in [1.29, 1.82) is 0 Å². The summed E-state index contributed by atoms with van der Waals surface area (Å²) in [7, 11) is 1.31. The summed E-state index contributed by atoms with van der Waals surface area (Å²) >= 11 is 6.07. The van der Waals surface area contributed by atoms with Crippen molar-refractivity contribution >= 4 is 23.4 Å². The molecule has 3 atom stereocenters. The zero-order chi connectivity index (χ0) is 21.8. The highest BCUT2D eigenvalue weighted by Crippen LogP contribution is 2.43. The van der Waals surface area contributed by atoms with Gasteiger partial charge in [-0.2, -0.15) is 0 Å². The van der Waals surface area contributed by atoms with Gasteiger partial charge in [0.2, 0.25) is 0 Å². The van der Waals surface area contributed by atoms with Crippen molar-refractivity contribution in [2.75, 3.05) is 7.11 Å². The monoisotopic (exact) mass is 435 g/mol. The lowest BCUT2D eigenvalue weighted by Crippen LogP contribution is -2.48. The average Bonchev–Trinajstić information content (AvgIpc) is 2.81. The minimum absolute atomic E-state index is 0.160. The van der Waals surface area contributed by atoms with Gasteiger partial charge in [0, 0.05) is 30.4 Å². The summed E-state index contributed by atoms with van der Waals surface area (Å²) in [5.41, 5.74) is 2.42. The second-order valence-corrected chi connectivity index (χ2v) is 7.88. The second kappa shape index (κ2) is 9.37. The molecule has 0 amide bonds. The highest BCUT2D eigenvalue weighted by Gasteiger charge is 2.48. The Morgan fingerprint density at radius 2 is 1.68 bits per heavy atom. The van der Waals surface area contributed by atoms with Gasteiger partial charge in [0.1, 0.15) is 5.92 Å². The van der Waals surface area contributed by atoms with Gasteiger partial charge in [-0.05, 0) is 42.0 Å². The maximum absolute atomic E-state index is 13.2. The Morgan fingerprint density at radius 3 is 2.26 bits per heavy atom. The number of benzene rings is 1. The minimum atomic E-state index is -0.966. The molecule has 1 fully saturated rings. The molecule has 0 spiro atoms. The van der Waals surface area contributed by atoms with Crippen molar-refractivity contribution in [1.82, 2.24) is 14.9 Å². The van der Waals surface area contributed by atoms with E-state index in [4.69, 9.17) is 16.3 Å². The summed E-state index contributed by atoms with van der Waals surface area (Å²) in [6, 6.07) is 17.8. The fourth-order valence-corrected chi connectivity index (χ4v) is 4.26. The molecule has 0 saturated carbocycles. The molecule has 1 saturated heterocycles. The fraction of sp³-hybridized carbons (Fsp3) is 0.250. The normalized spacial score (nSPS) is 21.6. The van der Waals surface area contributed by atoms with Crippen LogP contribution in [0.4, 0.5) is 0 Å². The van der Waals surface area contributed by atoms with E-state index in [-0.39, 0.29) is 18.2 Å². The van der Waals surface area contributed by atoms with E-state index in [1.54, 1.807) is 18.5 Å². The summed E-state index contributed by atoms with van der Waals surface area (Å²) in [5.74, 6) is -1.70. The van der Waals surface area contributed by atoms with E-state index in [0.717, 1.165) is 11.3 Å². The lowest BCUT2D eigenvalue weighted by Gasteiger charge is -2.44. The van der Waals surface area contributed by atoms with Crippen LogP contribution in [-0.4, -0.2) is 33.7 Å². The van der Waals surface area contributed by atoms with Crippen molar-refractivity contribution in [3.05, 3.63) is 95.0 Å². The smallest absolute Gasteiger partial charge is 0.318 e. The predicted octanol–water partition coefficient (Wildman–Crippen LogP) is 4.18. The van der Waals surface area contributed by atoms with Crippen LogP contribution >= 0.6 is 11.6 Å². The Bertz CT molecular complexity index is 1040. The third kappa shape index (κ3) is 4.50. The first-order chi connectivity index (χ1) is 15.1. The third-order valence-electron chi connectivity index (χ3n) is 5.57. The first kappa shape index (κ1) is 21.2. The zero-order valence-corrected chi connectivity index (χ0v) is 17.8. The molecule has 1 aromatic carbocycles. The molecule has 3 heterocycles. The van der Waals surface area contributed by atoms with Crippen LogP contribution in [0.25, 0.3) is 0 Å². The van der Waals surface area contributed by atoms with E-state index in [1.165, 1.54) is 7.11 Å². The van der Waals surface area contributed by atoms with Gasteiger partial charge in [0.25, 0.3) is 0 Å². The Morgan fingerprint density at radius 1 is 1.03 bits per heavy atom. The number of carbonyl (C=O) groups excluding carboxylic acids is 2. The summed E-state index contributed by atoms with van der Waals surface area (Å²) in [6.07, 6.45) is 3.54. The first-order valence-corrected chi connectivity index (χ1v) is 10.4. The van der Waals surface area contributed by atoms with E-state index in [0.29, 0.717) is 17.3 Å². The number of pyridine rings is 2. The molecular formula is C24H22ClN3O3. The topological polar surface area (TPSA) is 72.4 Å². The SMILES string of the molecule is COC(=O)C1C(=O)C[C@@H](c2ccccn2)N(Cc2ccc(Cl)cc2)[C@H]1c1ccccn1. The maximum Gasteiger partial charge on any atom is 0.318 e. The number of piperidine rings is 1. The molecule has 2 aromatic heterocycles. The minimum Gasteiger partial charge on any atom is -0.468 e. The van der Waals surface area contributed by atoms with Gasteiger partial charge < -0.3 is 4.74 Å². The Balaban J connectivity index is 1.84. The highest BCUT2D eigenvalue weighted by molar-refractivity contribution is 6.30. The van der Waals surface area contributed by atoms with Gasteiger partial charge in [0.15, 0.2) is 5.78 Å². The van der Waals surface area contributed by atoms with E-state index in [9.17, 15) is 9.59 Å². The third-order valence-corrected chi connectivity index (χ3v) is 5.82. The number of ketones is 1. The molecule has 1 unspecified atom stereocenters. The summed E-state index contributed by atoms with van der Waals surface area (Å²) in [4.78, 5) is 37.0. The standard InChI is InChI=1S/C24H22ClN3O3/c1-31-24(30)22-21(29)14-20(18-6-2-4-12-26-18)28(15-16-8-10-17(25)11-9-16)23(22)19-7-3-5-13-27-19/h2-13,20,22-23H,14-15H2,1H3/t20-,22?,23-/m0/s1. The number of carbonyl (C=O) groups is 2. The van der Waals surface area contributed by atoms with Crippen LogP contribution < -0.4 is 0 Å². The van der Waals surface area contributed by atoms with Gasteiger partial charge in [-0.15, -0.1) is 0 Å². The van der Waals surface area contributed by atoms with E-state index >= 15 is 0 Å². The molecule has 0 radical (unpaired) electrons. The van der Waals surface area contributed by atoms with Crippen LogP contribution in [0.1, 0.15) is 35.5 Å². The number of halogens is 1. The lowest BCUT2D eigenvalue weighted by molar-refractivity contribution is -0.157. The number of hydrogen-bond acceptors (Lipinski definition) is 6. The summed E-state index contributed by atoms with van der Waals surface area (Å²) in [5, 5.41) is 0.646. The molecular weight excluding hydrogens is 414 g/mol. The van der Waals surface area contributed by atoms with Crippen molar-refractivity contribution in [2.45, 2.75) is 25.0 Å². The molecule has 4 rings (SSSR count). The molecule has 158 valence electrons. The van der Waals surface area contributed by atoms with Gasteiger partial charge in [0.05, 0.1) is 30.6 Å². The highest BCUT2D eigenvalue weighted by atomic mass is 35.5. The Labute approximate surface area is 185 Å². The number of Topliss-reactive ketones (excluding diaryl/α,β-unsaturated/α-hetero) is 1. The summed E-state index contributed by atoms with van der Waals surface area (Å²) < 4.78 is 5.02. The molecule has 3 aromatic rings. The van der Waals surface area contributed by atoms with Crippen LogP contribution in [0.5, 0.6) is 0 Å². The van der Waals surface area contributed by atoms with Crippen LogP contribution in [0.15, 0.2) is 73.1 Å². The van der Waals surface area contributed by atoms with Gasteiger partial charge in [-0.25, -0.2) is 0 Å². The van der Waals surface area contributed by atoms with Gasteiger partial charge in [-0.3, -0.25) is 24.5 Å². The molecule has 1 aliphatic rings. The zero-order valence-electron chi connectivity index (χ0n) is 17.0. The quantitative estimate of drug-likeness (QED) is 0.442. The molecule has 7 heteroatoms. The lowest BCUT2D eigenvalue weighted by atomic mass is 9.81. The second-order valence-electron chi connectivity index (χ2n) is 7.44.